The van der Waals surface area contributed by atoms with Gasteiger partial charge in [0.2, 0.25) is 5.91 Å². The van der Waals surface area contributed by atoms with Crippen molar-refractivity contribution in [1.29, 1.82) is 0 Å². The van der Waals surface area contributed by atoms with Crippen LogP contribution in [0.2, 0.25) is 0 Å². The van der Waals surface area contributed by atoms with Gasteiger partial charge in [0.05, 0.1) is 13.2 Å². The zero-order chi connectivity index (χ0) is 27.0. The molecule has 0 aliphatic carbocycles. The maximum absolute atomic E-state index is 14.5. The van der Waals surface area contributed by atoms with Crippen molar-refractivity contribution in [1.82, 2.24) is 29.8 Å². The minimum absolute atomic E-state index is 0.0966. The second kappa shape index (κ2) is 13.6. The molecule has 2 aromatic heterocycles. The first kappa shape index (κ1) is 27.9. The van der Waals surface area contributed by atoms with Gasteiger partial charge in [0, 0.05) is 41.1 Å². The van der Waals surface area contributed by atoms with Crippen LogP contribution in [0.15, 0.2) is 30.7 Å². The van der Waals surface area contributed by atoms with Gasteiger partial charge in [-0.15, -0.1) is 10.2 Å². The number of nitrogens with zero attached hydrogens (tertiary/aromatic N) is 5. The highest BCUT2D eigenvalue weighted by Gasteiger charge is 2.19. The molecule has 2 aliphatic rings. The number of hydrogen-bond donors (Lipinski definition) is 1. The summed E-state index contributed by atoms with van der Waals surface area (Å²) in [6.45, 7) is 3.78. The lowest BCUT2D eigenvalue weighted by atomic mass is 9.98. The number of nitrogens with one attached hydrogen (secondary N) is 1. The average Bonchev–Trinajstić information content (AvgIpc) is 3.72. The molecule has 0 saturated carbocycles. The van der Waals surface area contributed by atoms with Gasteiger partial charge in [-0.3, -0.25) is 14.1 Å². The highest BCUT2D eigenvalue weighted by molar-refractivity contribution is 14.1. The van der Waals surface area contributed by atoms with Crippen LogP contribution in [0.25, 0.3) is 11.2 Å². The van der Waals surface area contributed by atoms with Crippen molar-refractivity contribution in [2.24, 2.45) is 0 Å². The Balaban J connectivity index is 1.19. The molecule has 1 N–H and O–H groups in total. The number of halogens is 2. The van der Waals surface area contributed by atoms with Gasteiger partial charge < -0.3 is 10.1 Å². The van der Waals surface area contributed by atoms with E-state index in [1.807, 2.05) is 10.6 Å². The Morgan fingerprint density at radius 2 is 2.05 bits per heavy atom. The molecule has 10 heteroatoms. The van der Waals surface area contributed by atoms with Gasteiger partial charge in [-0.1, -0.05) is 28.7 Å². The summed E-state index contributed by atoms with van der Waals surface area (Å²) in [5.41, 5.74) is 4.78. The topological polar surface area (TPSA) is 84.7 Å². The molecule has 0 atom stereocenters. The zero-order valence-corrected chi connectivity index (χ0v) is 24.5. The van der Waals surface area contributed by atoms with E-state index in [4.69, 9.17) is 9.72 Å². The molecule has 0 spiro atoms. The van der Waals surface area contributed by atoms with Crippen molar-refractivity contribution >= 4 is 39.7 Å². The second-order valence-corrected chi connectivity index (χ2v) is 11.3. The zero-order valence-electron chi connectivity index (χ0n) is 22.3. The predicted molar refractivity (Wildman–Crippen MR) is 158 cm³/mol. The number of unbranched alkanes of at least 4 members (excludes halogenated alkanes) is 1. The molecule has 208 valence electrons. The number of carbonyl (C=O) groups excluding carboxylic acids is 1. The minimum Gasteiger partial charge on any atom is -0.493 e. The highest BCUT2D eigenvalue weighted by atomic mass is 127. The van der Waals surface area contributed by atoms with Crippen molar-refractivity contribution < 1.29 is 13.9 Å². The fourth-order valence-electron chi connectivity index (χ4n) is 5.55. The number of fused-ring (bicyclic) bond motifs is 2. The summed E-state index contributed by atoms with van der Waals surface area (Å²) in [6, 6.07) is 3.26. The van der Waals surface area contributed by atoms with E-state index in [1.54, 1.807) is 12.4 Å². The summed E-state index contributed by atoms with van der Waals surface area (Å²) >= 11 is 2.38. The number of aryl methyl sites for hydroxylation is 1. The normalized spacial score (nSPS) is 15.6. The highest BCUT2D eigenvalue weighted by Crippen LogP contribution is 2.31. The van der Waals surface area contributed by atoms with E-state index >= 15 is 0 Å². The van der Waals surface area contributed by atoms with E-state index in [2.05, 4.69) is 49.1 Å². The smallest absolute Gasteiger partial charge is 0.234 e. The van der Waals surface area contributed by atoms with Crippen LogP contribution in [0, 0.1) is 5.82 Å². The number of allylic oxidation sites excluding steroid dienone is 1. The first-order valence-corrected chi connectivity index (χ1v) is 15.5. The van der Waals surface area contributed by atoms with Crippen molar-refractivity contribution in [2.75, 3.05) is 37.2 Å². The van der Waals surface area contributed by atoms with Gasteiger partial charge >= 0.3 is 0 Å². The quantitative estimate of drug-likeness (QED) is 0.167. The summed E-state index contributed by atoms with van der Waals surface area (Å²) in [5.74, 6) is 1.70. The lowest BCUT2D eigenvalue weighted by Crippen LogP contribution is -2.36. The third kappa shape index (κ3) is 6.95. The SMILES string of the molecule is O=C(CN1CCCC1)NCC/C=C(\CCI)c1cnc(CCCCc2c(F)ccc3c2CCO3)n2cnnc12. The van der Waals surface area contributed by atoms with Crippen LogP contribution < -0.4 is 10.1 Å². The summed E-state index contributed by atoms with van der Waals surface area (Å²) in [4.78, 5) is 19.2. The number of aromatic nitrogens is 4. The Hall–Kier alpha value is -2.60. The summed E-state index contributed by atoms with van der Waals surface area (Å²) in [7, 11) is 0. The van der Waals surface area contributed by atoms with Gasteiger partial charge in [-0.25, -0.2) is 9.37 Å². The first-order chi connectivity index (χ1) is 19.1. The van der Waals surface area contributed by atoms with E-state index in [9.17, 15) is 9.18 Å². The molecule has 0 unspecified atom stereocenters. The van der Waals surface area contributed by atoms with Crippen LogP contribution in [0.5, 0.6) is 5.75 Å². The third-order valence-electron chi connectivity index (χ3n) is 7.56. The van der Waals surface area contributed by atoms with E-state index in [-0.39, 0.29) is 11.7 Å². The summed E-state index contributed by atoms with van der Waals surface area (Å²) in [6.07, 6.45) is 13.8. The average molecular weight is 647 g/mol. The van der Waals surface area contributed by atoms with Crippen LogP contribution in [-0.4, -0.2) is 67.6 Å². The molecule has 4 heterocycles. The number of carbonyl (C=O) groups is 1. The van der Waals surface area contributed by atoms with Gasteiger partial charge in [0.1, 0.15) is 23.7 Å². The molecular weight excluding hydrogens is 610 g/mol. The van der Waals surface area contributed by atoms with E-state index in [0.717, 1.165) is 90.0 Å². The number of benzene rings is 1. The molecule has 1 saturated heterocycles. The number of alkyl halides is 1. The number of rotatable bonds is 13. The third-order valence-corrected chi connectivity index (χ3v) is 8.10. The Morgan fingerprint density at radius 3 is 2.90 bits per heavy atom. The fraction of sp³-hybridized carbons (Fsp3) is 0.517. The van der Waals surface area contributed by atoms with E-state index < -0.39 is 0 Å². The van der Waals surface area contributed by atoms with Crippen LogP contribution >= 0.6 is 22.6 Å². The Kier molecular flexibility index (Phi) is 9.78. The fourth-order valence-corrected chi connectivity index (χ4v) is 6.14. The van der Waals surface area contributed by atoms with Crippen molar-refractivity contribution in [3.8, 4) is 5.75 Å². The number of ether oxygens (including phenoxy) is 1. The van der Waals surface area contributed by atoms with Gasteiger partial charge in [-0.05, 0) is 81.3 Å². The van der Waals surface area contributed by atoms with E-state index in [1.165, 1.54) is 24.5 Å². The van der Waals surface area contributed by atoms with Crippen molar-refractivity contribution in [3.05, 3.63) is 59.1 Å². The van der Waals surface area contributed by atoms with Crippen LogP contribution in [0.4, 0.5) is 4.39 Å². The first-order valence-electron chi connectivity index (χ1n) is 14.0. The molecule has 0 bridgehead atoms. The van der Waals surface area contributed by atoms with Gasteiger partial charge in [-0.2, -0.15) is 0 Å². The monoisotopic (exact) mass is 646 g/mol. The van der Waals surface area contributed by atoms with Crippen molar-refractivity contribution in [2.45, 2.75) is 57.8 Å². The van der Waals surface area contributed by atoms with Gasteiger partial charge in [0.15, 0.2) is 5.65 Å². The maximum Gasteiger partial charge on any atom is 0.234 e. The molecule has 5 rings (SSSR count). The number of hydrogen-bond acceptors (Lipinski definition) is 6. The summed E-state index contributed by atoms with van der Waals surface area (Å²) < 4.78 is 23.0. The van der Waals surface area contributed by atoms with Crippen LogP contribution in [0.3, 0.4) is 0 Å². The van der Waals surface area contributed by atoms with Crippen molar-refractivity contribution in [3.63, 3.8) is 0 Å². The molecule has 2 aliphatic heterocycles. The second-order valence-electron chi connectivity index (χ2n) is 10.2. The maximum atomic E-state index is 14.5. The lowest BCUT2D eigenvalue weighted by Gasteiger charge is -2.14. The van der Waals surface area contributed by atoms with Crippen LogP contribution in [-0.2, 0) is 24.1 Å². The number of likely N-dealkylation sites (tertiary alicyclic amines) is 1. The molecular formula is C29H36FIN6O2. The number of amides is 1. The molecule has 0 radical (unpaired) electrons. The van der Waals surface area contributed by atoms with Crippen LogP contribution in [0.1, 0.15) is 61.0 Å². The largest absolute Gasteiger partial charge is 0.493 e. The van der Waals surface area contributed by atoms with Gasteiger partial charge in [0.25, 0.3) is 0 Å². The predicted octanol–water partition coefficient (Wildman–Crippen LogP) is 4.57. The minimum atomic E-state index is -0.135. The molecule has 8 nitrogen and oxygen atoms in total. The Labute approximate surface area is 242 Å². The molecule has 3 aromatic rings. The Morgan fingerprint density at radius 1 is 1.21 bits per heavy atom. The molecule has 1 amide bonds. The molecule has 1 fully saturated rings. The lowest BCUT2D eigenvalue weighted by molar-refractivity contribution is -0.121. The standard InChI is InChI=1S/C29H36FIN6O2/c30-25-9-10-26-23(12-17-39-26)22(25)7-1-2-8-27-33-18-24(29-35-34-20-37(27)29)21(11-13-31)6-5-14-32-28(38)19-36-15-3-4-16-36/h6,9-10,18,20H,1-5,7-8,11-17,19H2,(H,32,38)/b21-6+. The van der Waals surface area contributed by atoms with E-state index in [0.29, 0.717) is 26.1 Å². The Bertz CT molecular complexity index is 1320. The molecule has 1 aromatic carbocycles. The summed E-state index contributed by atoms with van der Waals surface area (Å²) in [5, 5.41) is 11.6. The molecule has 39 heavy (non-hydrogen) atoms.